The molecule has 7 nitrogen and oxygen atoms in total. The zero-order valence-corrected chi connectivity index (χ0v) is 19.6. The first kappa shape index (κ1) is 21.5. The highest BCUT2D eigenvalue weighted by Crippen LogP contribution is 2.30. The van der Waals surface area contributed by atoms with Crippen LogP contribution in [0.2, 0.25) is 0 Å². The van der Waals surface area contributed by atoms with Crippen molar-refractivity contribution in [3.05, 3.63) is 57.7 Å². The van der Waals surface area contributed by atoms with E-state index in [1.165, 1.54) is 17.6 Å². The van der Waals surface area contributed by atoms with E-state index < -0.39 is 9.84 Å². The molecule has 1 aromatic carbocycles. The van der Waals surface area contributed by atoms with Crippen molar-refractivity contribution in [1.29, 1.82) is 0 Å². The lowest BCUT2D eigenvalue weighted by Gasteiger charge is -2.02. The summed E-state index contributed by atoms with van der Waals surface area (Å²) in [5, 5.41) is 7.98. The van der Waals surface area contributed by atoms with Crippen LogP contribution < -0.4 is 0 Å². The van der Waals surface area contributed by atoms with Crippen molar-refractivity contribution in [2.75, 3.05) is 6.26 Å². The molecule has 3 heterocycles. The van der Waals surface area contributed by atoms with Gasteiger partial charge in [0.25, 0.3) is 0 Å². The van der Waals surface area contributed by atoms with Gasteiger partial charge in [-0.25, -0.2) is 18.4 Å². The summed E-state index contributed by atoms with van der Waals surface area (Å²) in [6, 6.07) is 6.68. The zero-order valence-electron chi connectivity index (χ0n) is 17.2. The first-order chi connectivity index (χ1) is 14.7. The van der Waals surface area contributed by atoms with Gasteiger partial charge in [-0.2, -0.15) is 5.10 Å². The van der Waals surface area contributed by atoms with Crippen molar-refractivity contribution in [3.8, 4) is 21.7 Å². The lowest BCUT2D eigenvalue weighted by molar-refractivity contribution is -0.119. The summed E-state index contributed by atoms with van der Waals surface area (Å²) < 4.78 is 25.1. The van der Waals surface area contributed by atoms with Crippen LogP contribution in [0.5, 0.6) is 0 Å². The van der Waals surface area contributed by atoms with Crippen LogP contribution in [0, 0.1) is 13.8 Å². The molecule has 0 saturated carbocycles. The Bertz CT molecular complexity index is 1370. The van der Waals surface area contributed by atoms with Crippen LogP contribution in [0.3, 0.4) is 0 Å². The highest BCUT2D eigenvalue weighted by molar-refractivity contribution is 7.90. The Morgan fingerprint density at radius 2 is 1.97 bits per heavy atom. The van der Waals surface area contributed by atoms with Gasteiger partial charge in [0, 0.05) is 23.4 Å². The predicted octanol–water partition coefficient (Wildman–Crippen LogP) is 3.96. The van der Waals surface area contributed by atoms with Gasteiger partial charge in [-0.15, -0.1) is 22.7 Å². The van der Waals surface area contributed by atoms with Crippen LogP contribution in [-0.4, -0.2) is 40.2 Å². The van der Waals surface area contributed by atoms with E-state index in [1.807, 2.05) is 25.3 Å². The summed E-state index contributed by atoms with van der Waals surface area (Å²) in [6.45, 7) is 4.05. The van der Waals surface area contributed by atoms with E-state index >= 15 is 0 Å². The number of Topliss-reactive ketones (excluding diaryl/α,β-unsaturated/α-hetero) is 1. The number of carbonyl (C=O) groups excluding carboxylic acids is 1. The SMILES string of the molecule is Cc1nc(C)c(-c2csc(CC(=O)Cn3cc(-c4cccc(S(C)(=O)=O)c4)cn3)n2)s1. The van der Waals surface area contributed by atoms with Gasteiger partial charge in [0.1, 0.15) is 5.01 Å². The van der Waals surface area contributed by atoms with Crippen LogP contribution in [0.4, 0.5) is 0 Å². The second-order valence-electron chi connectivity index (χ2n) is 7.22. The molecule has 0 radical (unpaired) electrons. The van der Waals surface area contributed by atoms with Gasteiger partial charge in [-0.1, -0.05) is 12.1 Å². The van der Waals surface area contributed by atoms with E-state index in [0.717, 1.165) is 37.4 Å². The van der Waals surface area contributed by atoms with Crippen molar-refractivity contribution in [3.63, 3.8) is 0 Å². The average Bonchev–Trinajstić information content (AvgIpc) is 3.42. The molecule has 10 heteroatoms. The van der Waals surface area contributed by atoms with Crippen molar-refractivity contribution in [2.45, 2.75) is 31.7 Å². The van der Waals surface area contributed by atoms with Gasteiger partial charge in [-0.05, 0) is 31.5 Å². The minimum absolute atomic E-state index is 0.00218. The maximum atomic E-state index is 12.5. The van der Waals surface area contributed by atoms with Gasteiger partial charge in [0.15, 0.2) is 15.6 Å². The monoisotopic (exact) mass is 472 g/mol. The molecule has 160 valence electrons. The molecule has 0 fully saturated rings. The van der Waals surface area contributed by atoms with Crippen molar-refractivity contribution in [2.24, 2.45) is 0 Å². The van der Waals surface area contributed by atoms with Crippen LogP contribution in [0.25, 0.3) is 21.7 Å². The first-order valence-corrected chi connectivity index (χ1v) is 13.0. The fourth-order valence-corrected chi connectivity index (χ4v) is 5.61. The van der Waals surface area contributed by atoms with Gasteiger partial charge >= 0.3 is 0 Å². The Morgan fingerprint density at radius 3 is 2.68 bits per heavy atom. The third kappa shape index (κ3) is 4.97. The number of hydrogen-bond acceptors (Lipinski definition) is 8. The van der Waals surface area contributed by atoms with E-state index in [0.29, 0.717) is 0 Å². The fraction of sp³-hybridized carbons (Fsp3) is 0.238. The summed E-state index contributed by atoms with van der Waals surface area (Å²) in [5.41, 5.74) is 3.31. The third-order valence-electron chi connectivity index (χ3n) is 4.60. The quantitative estimate of drug-likeness (QED) is 0.404. The maximum Gasteiger partial charge on any atom is 0.175 e. The number of ketones is 1. The summed E-state index contributed by atoms with van der Waals surface area (Å²) in [7, 11) is -3.29. The molecule has 3 aromatic heterocycles. The summed E-state index contributed by atoms with van der Waals surface area (Å²) in [5.74, 6) is -0.00218. The second kappa shape index (κ2) is 8.45. The average molecular weight is 473 g/mol. The molecule has 0 aliphatic rings. The van der Waals surface area contributed by atoms with Crippen LogP contribution in [0.1, 0.15) is 15.7 Å². The number of aromatic nitrogens is 4. The van der Waals surface area contributed by atoms with E-state index in [1.54, 1.807) is 46.6 Å². The number of rotatable bonds is 7. The summed E-state index contributed by atoms with van der Waals surface area (Å²) >= 11 is 3.07. The molecule has 0 spiro atoms. The first-order valence-electron chi connectivity index (χ1n) is 9.42. The number of benzene rings is 1. The molecule has 0 aliphatic carbocycles. The normalized spacial score (nSPS) is 11.7. The largest absolute Gasteiger partial charge is 0.297 e. The lowest BCUT2D eigenvalue weighted by atomic mass is 10.1. The molecule has 0 aliphatic heterocycles. The molecule has 0 atom stereocenters. The van der Waals surface area contributed by atoms with Gasteiger partial charge in [0.2, 0.25) is 0 Å². The molecule has 0 unspecified atom stereocenters. The van der Waals surface area contributed by atoms with E-state index in [-0.39, 0.29) is 23.6 Å². The fourth-order valence-electron chi connectivity index (χ4n) is 3.18. The summed E-state index contributed by atoms with van der Waals surface area (Å²) in [6.07, 6.45) is 4.79. The number of nitrogens with zero attached hydrogens (tertiary/aromatic N) is 4. The molecule has 4 aromatic rings. The highest BCUT2D eigenvalue weighted by atomic mass is 32.2. The van der Waals surface area contributed by atoms with Crippen molar-refractivity contribution >= 4 is 38.3 Å². The Kier molecular flexibility index (Phi) is 5.87. The second-order valence-corrected chi connectivity index (χ2v) is 11.4. The summed E-state index contributed by atoms with van der Waals surface area (Å²) in [4.78, 5) is 22.9. The molecule has 0 amide bonds. The van der Waals surface area contributed by atoms with Gasteiger partial charge in [0.05, 0.1) is 45.3 Å². The Hall–Kier alpha value is -2.69. The predicted molar refractivity (Wildman–Crippen MR) is 122 cm³/mol. The number of thiazole rings is 2. The Morgan fingerprint density at radius 1 is 1.16 bits per heavy atom. The topological polar surface area (TPSA) is 94.8 Å². The molecular formula is C21H20N4O3S3. The van der Waals surface area contributed by atoms with Crippen LogP contribution in [0.15, 0.2) is 46.9 Å². The number of carbonyl (C=O) groups is 1. The lowest BCUT2D eigenvalue weighted by Crippen LogP contribution is -2.12. The Labute approximate surface area is 188 Å². The van der Waals surface area contributed by atoms with E-state index in [4.69, 9.17) is 0 Å². The molecule has 0 bridgehead atoms. The maximum absolute atomic E-state index is 12.5. The number of aryl methyl sites for hydroxylation is 2. The number of sulfone groups is 1. The molecule has 4 rings (SSSR count). The van der Waals surface area contributed by atoms with E-state index in [2.05, 4.69) is 15.1 Å². The smallest absolute Gasteiger partial charge is 0.175 e. The standard InChI is InChI=1S/C21H20N4O3S3/c1-13-21(30-14(2)23-13)19-12-29-20(24-19)8-17(26)11-25-10-16(9-22-25)15-5-4-6-18(7-15)31(3,27)28/h4-7,9-10,12H,8,11H2,1-3H3. The molecule has 0 saturated heterocycles. The van der Waals surface area contributed by atoms with Gasteiger partial charge in [-0.3, -0.25) is 9.48 Å². The molecular weight excluding hydrogens is 452 g/mol. The molecule has 0 N–H and O–H groups in total. The number of hydrogen-bond donors (Lipinski definition) is 0. The van der Waals surface area contributed by atoms with E-state index in [9.17, 15) is 13.2 Å². The van der Waals surface area contributed by atoms with Crippen LogP contribution in [-0.2, 0) is 27.6 Å². The van der Waals surface area contributed by atoms with Crippen molar-refractivity contribution in [1.82, 2.24) is 19.7 Å². The Balaban J connectivity index is 1.44. The third-order valence-corrected chi connectivity index (χ3v) is 7.66. The van der Waals surface area contributed by atoms with Crippen molar-refractivity contribution < 1.29 is 13.2 Å². The zero-order chi connectivity index (χ0) is 22.2. The molecule has 31 heavy (non-hydrogen) atoms. The minimum Gasteiger partial charge on any atom is -0.297 e. The van der Waals surface area contributed by atoms with Crippen LogP contribution >= 0.6 is 22.7 Å². The highest BCUT2D eigenvalue weighted by Gasteiger charge is 2.15. The minimum atomic E-state index is -3.29. The van der Waals surface area contributed by atoms with Gasteiger partial charge < -0.3 is 0 Å².